The highest BCUT2D eigenvalue weighted by Crippen LogP contribution is 2.56. The Bertz CT molecular complexity index is 1330. The van der Waals surface area contributed by atoms with E-state index in [0.717, 1.165) is 56.9 Å². The van der Waals surface area contributed by atoms with Crippen molar-refractivity contribution in [1.29, 1.82) is 0 Å². The van der Waals surface area contributed by atoms with Crippen molar-refractivity contribution in [3.05, 3.63) is 71.4 Å². The molecule has 1 spiro atoms. The van der Waals surface area contributed by atoms with Gasteiger partial charge in [-0.25, -0.2) is 12.7 Å². The van der Waals surface area contributed by atoms with Crippen molar-refractivity contribution in [2.75, 3.05) is 27.2 Å². The van der Waals surface area contributed by atoms with Crippen LogP contribution in [0.1, 0.15) is 68.2 Å². The summed E-state index contributed by atoms with van der Waals surface area (Å²) in [4.78, 5) is 6.15. The van der Waals surface area contributed by atoms with Crippen molar-refractivity contribution < 1.29 is 8.42 Å². The lowest BCUT2D eigenvalue weighted by Crippen LogP contribution is -2.57. The van der Waals surface area contributed by atoms with E-state index in [-0.39, 0.29) is 16.2 Å². The first-order valence-corrected chi connectivity index (χ1v) is 15.2. The lowest BCUT2D eigenvalue weighted by atomic mass is 9.59. The molecular weight excluding hydrogens is 466 g/mol. The average Bonchev–Trinajstić information content (AvgIpc) is 3.30. The zero-order valence-corrected chi connectivity index (χ0v) is 22.5. The van der Waals surface area contributed by atoms with Gasteiger partial charge in [-0.05, 0) is 82.7 Å². The van der Waals surface area contributed by atoms with Crippen molar-refractivity contribution in [2.24, 2.45) is 0 Å². The van der Waals surface area contributed by atoms with Gasteiger partial charge in [0.2, 0.25) is 10.0 Å². The summed E-state index contributed by atoms with van der Waals surface area (Å²) in [5.74, 6) is 0. The Hall–Kier alpha value is -2.15. The van der Waals surface area contributed by atoms with Crippen molar-refractivity contribution >= 4 is 20.9 Å². The van der Waals surface area contributed by atoms with Gasteiger partial charge < -0.3 is 4.98 Å². The van der Waals surface area contributed by atoms with Gasteiger partial charge in [-0.15, -0.1) is 0 Å². The van der Waals surface area contributed by atoms with Crippen LogP contribution in [0.3, 0.4) is 0 Å². The second-order valence-corrected chi connectivity index (χ2v) is 13.6. The van der Waals surface area contributed by atoms with E-state index in [1.54, 1.807) is 0 Å². The molecule has 2 heterocycles. The molecule has 1 atom stereocenters. The number of sulfonamides is 1. The largest absolute Gasteiger partial charge is 0.358 e. The summed E-state index contributed by atoms with van der Waals surface area (Å²) in [5, 5.41) is 0.910. The Morgan fingerprint density at radius 3 is 2.25 bits per heavy atom. The minimum absolute atomic E-state index is 0.0738. The van der Waals surface area contributed by atoms with Crippen LogP contribution in [0.2, 0.25) is 0 Å². The lowest BCUT2D eigenvalue weighted by molar-refractivity contribution is 0.0583. The van der Waals surface area contributed by atoms with E-state index >= 15 is 0 Å². The van der Waals surface area contributed by atoms with Gasteiger partial charge in [0.15, 0.2) is 0 Å². The minimum Gasteiger partial charge on any atom is -0.358 e. The predicted octanol–water partition coefficient (Wildman–Crippen LogP) is 5.57. The van der Waals surface area contributed by atoms with Crippen molar-refractivity contribution in [1.82, 2.24) is 14.2 Å². The summed E-state index contributed by atoms with van der Waals surface area (Å²) in [7, 11) is 0.970. The van der Waals surface area contributed by atoms with Crippen LogP contribution in [0.25, 0.3) is 10.9 Å². The number of para-hydroxylation sites is 1. The van der Waals surface area contributed by atoms with E-state index in [4.69, 9.17) is 0 Å². The van der Waals surface area contributed by atoms with Gasteiger partial charge in [-0.2, -0.15) is 0 Å². The first-order valence-electron chi connectivity index (χ1n) is 13.7. The fourth-order valence-electron chi connectivity index (χ4n) is 7.75. The highest BCUT2D eigenvalue weighted by Gasteiger charge is 2.57. The van der Waals surface area contributed by atoms with Crippen LogP contribution in [-0.4, -0.2) is 55.0 Å². The Kier molecular flexibility index (Phi) is 6.05. The van der Waals surface area contributed by atoms with Gasteiger partial charge in [-0.1, -0.05) is 55.0 Å². The number of nitrogens with one attached hydrogen (secondary N) is 1. The molecule has 2 aromatic carbocycles. The van der Waals surface area contributed by atoms with Crippen LogP contribution in [0.5, 0.6) is 0 Å². The number of aromatic nitrogens is 1. The Morgan fingerprint density at radius 2 is 1.56 bits per heavy atom. The van der Waals surface area contributed by atoms with E-state index < -0.39 is 10.0 Å². The van der Waals surface area contributed by atoms with Gasteiger partial charge in [0, 0.05) is 40.6 Å². The topological polar surface area (TPSA) is 56.4 Å². The summed E-state index contributed by atoms with van der Waals surface area (Å²) in [6.07, 6.45) is 8.29. The molecular formula is C30H39N3O2S. The average molecular weight is 506 g/mol. The number of rotatable bonds is 4. The number of aryl methyl sites for hydroxylation is 1. The number of piperidine rings is 1. The zero-order chi connectivity index (χ0) is 25.0. The fourth-order valence-corrected chi connectivity index (χ4v) is 10.2. The van der Waals surface area contributed by atoms with E-state index in [1.165, 1.54) is 22.2 Å². The van der Waals surface area contributed by atoms with E-state index in [9.17, 15) is 8.42 Å². The van der Waals surface area contributed by atoms with E-state index in [1.807, 2.05) is 4.31 Å². The highest BCUT2D eigenvalue weighted by atomic mass is 32.2. The Morgan fingerprint density at radius 1 is 0.889 bits per heavy atom. The SMILES string of the molecule is CN(C)C1(c2ccccc2)CCC2(CC1)c1[nH]c3ccccc3c1CCC2S(=O)(=O)N1CCCCC1. The summed E-state index contributed by atoms with van der Waals surface area (Å²) < 4.78 is 30.4. The van der Waals surface area contributed by atoms with Crippen LogP contribution < -0.4 is 0 Å². The van der Waals surface area contributed by atoms with Crippen LogP contribution in [0.4, 0.5) is 0 Å². The Balaban J connectivity index is 1.47. The molecule has 1 unspecified atom stereocenters. The Labute approximate surface area is 215 Å². The molecule has 3 aromatic rings. The molecule has 2 aliphatic carbocycles. The maximum Gasteiger partial charge on any atom is 0.217 e. The molecule has 0 amide bonds. The fraction of sp³-hybridized carbons (Fsp3) is 0.533. The molecule has 36 heavy (non-hydrogen) atoms. The number of hydrogen-bond acceptors (Lipinski definition) is 3. The molecule has 192 valence electrons. The standard InChI is InChI=1S/C30H39N3O2S/c1-32(2)30(23-11-5-3-6-12-23)19-17-29(18-20-30)27(36(34,35)33-21-9-4-10-22-33)16-15-25-24-13-7-8-14-26(24)31-28(25)29/h3,5-8,11-14,27,31H,4,9-10,15-22H2,1-2H3. The second-order valence-electron chi connectivity index (χ2n) is 11.5. The number of benzene rings is 2. The molecule has 6 heteroatoms. The first kappa shape index (κ1) is 24.2. The number of H-pyrrole nitrogens is 1. The molecule has 0 radical (unpaired) electrons. The minimum atomic E-state index is -3.40. The molecule has 1 saturated carbocycles. The lowest BCUT2D eigenvalue weighted by Gasteiger charge is -2.54. The quantitative estimate of drug-likeness (QED) is 0.505. The van der Waals surface area contributed by atoms with Gasteiger partial charge in [-0.3, -0.25) is 4.90 Å². The normalized spacial score (nSPS) is 29.6. The molecule has 1 N–H and O–H groups in total. The number of nitrogens with zero attached hydrogens (tertiary/aromatic N) is 2. The van der Waals surface area contributed by atoms with Gasteiger partial charge in [0.25, 0.3) is 0 Å². The van der Waals surface area contributed by atoms with E-state index in [0.29, 0.717) is 19.5 Å². The number of fused-ring (bicyclic) bond motifs is 4. The van der Waals surface area contributed by atoms with Crippen molar-refractivity contribution in [2.45, 2.75) is 74.0 Å². The number of aromatic amines is 1. The molecule has 2 fully saturated rings. The molecule has 0 bridgehead atoms. The first-order chi connectivity index (χ1) is 17.4. The van der Waals surface area contributed by atoms with Crippen molar-refractivity contribution in [3.8, 4) is 0 Å². The monoisotopic (exact) mass is 505 g/mol. The third kappa shape index (κ3) is 3.59. The smallest absolute Gasteiger partial charge is 0.217 e. The van der Waals surface area contributed by atoms with E-state index in [2.05, 4.69) is 78.6 Å². The van der Waals surface area contributed by atoms with Gasteiger partial charge in [0.1, 0.15) is 0 Å². The van der Waals surface area contributed by atoms with Crippen LogP contribution in [-0.2, 0) is 27.4 Å². The van der Waals surface area contributed by atoms with Crippen LogP contribution in [0.15, 0.2) is 54.6 Å². The highest BCUT2D eigenvalue weighted by molar-refractivity contribution is 7.89. The molecule has 1 aromatic heterocycles. The summed E-state index contributed by atoms with van der Waals surface area (Å²) in [6, 6.07) is 19.4. The second kappa shape index (κ2) is 9.00. The van der Waals surface area contributed by atoms with Gasteiger partial charge in [0.05, 0.1) is 5.25 Å². The maximum atomic E-state index is 14.3. The maximum absolute atomic E-state index is 14.3. The summed E-state index contributed by atoms with van der Waals surface area (Å²) >= 11 is 0. The van der Waals surface area contributed by atoms with Crippen molar-refractivity contribution in [3.63, 3.8) is 0 Å². The third-order valence-corrected chi connectivity index (χ3v) is 12.2. The zero-order valence-electron chi connectivity index (χ0n) is 21.7. The van der Waals surface area contributed by atoms with Crippen LogP contribution in [0, 0.1) is 0 Å². The molecule has 6 rings (SSSR count). The van der Waals surface area contributed by atoms with Crippen LogP contribution >= 0.6 is 0 Å². The summed E-state index contributed by atoms with van der Waals surface area (Å²) in [6.45, 7) is 1.36. The third-order valence-electron chi connectivity index (χ3n) is 9.76. The molecule has 1 aliphatic heterocycles. The molecule has 3 aliphatic rings. The van der Waals surface area contributed by atoms with Gasteiger partial charge >= 0.3 is 0 Å². The molecule has 1 saturated heterocycles. The summed E-state index contributed by atoms with van der Waals surface area (Å²) in [5.41, 5.74) is 4.60. The molecule has 5 nitrogen and oxygen atoms in total. The predicted molar refractivity (Wildman–Crippen MR) is 147 cm³/mol. The number of hydrogen-bond donors (Lipinski definition) is 1.